The Hall–Kier alpha value is -2.18. The fraction of sp³-hybridized carbons (Fsp3) is 0.353. The van der Waals surface area contributed by atoms with Crippen LogP contribution in [0.4, 0.5) is 0 Å². The number of esters is 1. The van der Waals surface area contributed by atoms with E-state index in [9.17, 15) is 4.79 Å². The van der Waals surface area contributed by atoms with Crippen LogP contribution in [0.25, 0.3) is 22.1 Å². The van der Waals surface area contributed by atoms with Crippen molar-refractivity contribution in [2.75, 3.05) is 20.3 Å². The highest BCUT2D eigenvalue weighted by Gasteiger charge is 2.14. The Morgan fingerprint density at radius 3 is 2.92 bits per heavy atom. The van der Waals surface area contributed by atoms with Gasteiger partial charge in [0.05, 0.1) is 13.7 Å². The van der Waals surface area contributed by atoms with E-state index in [1.807, 2.05) is 24.3 Å². The van der Waals surface area contributed by atoms with E-state index in [2.05, 4.69) is 14.7 Å². The largest absolute Gasteiger partial charge is 0.469 e. The number of halogens is 1. The summed E-state index contributed by atoms with van der Waals surface area (Å²) in [6.45, 7) is 0.943. The number of carbonyl (C=O) groups is 1. The lowest BCUT2D eigenvalue weighted by Crippen LogP contribution is -2.06. The molecule has 126 valence electrons. The Bertz CT molecular complexity index is 862. The smallest absolute Gasteiger partial charge is 0.305 e. The molecule has 0 radical (unpaired) electrons. The van der Waals surface area contributed by atoms with Gasteiger partial charge in [0.15, 0.2) is 10.7 Å². The van der Waals surface area contributed by atoms with E-state index in [-0.39, 0.29) is 5.97 Å². The first-order valence-corrected chi connectivity index (χ1v) is 8.05. The zero-order valence-corrected chi connectivity index (χ0v) is 14.0. The minimum Gasteiger partial charge on any atom is -0.469 e. The van der Waals surface area contributed by atoms with Crippen LogP contribution in [0, 0.1) is 0 Å². The number of carbonyl (C=O) groups excluding carboxylic acids is 1. The molecule has 0 bridgehead atoms. The van der Waals surface area contributed by atoms with E-state index >= 15 is 0 Å². The molecule has 0 aliphatic heterocycles. The number of methoxy groups -OCH3 is 1. The highest BCUT2D eigenvalue weighted by molar-refractivity contribution is 6.34. The van der Waals surface area contributed by atoms with Gasteiger partial charge in [0.2, 0.25) is 0 Å². The molecule has 3 aromatic rings. The lowest BCUT2D eigenvalue weighted by atomic mass is 10.2. The molecule has 3 rings (SSSR count). The Balaban J connectivity index is 1.63. The first kappa shape index (κ1) is 16.7. The molecule has 7 heteroatoms. The third-order valence-corrected chi connectivity index (χ3v) is 3.85. The number of nitrogens with zero attached hydrogens (tertiary/aromatic N) is 2. The lowest BCUT2D eigenvalue weighted by Gasteiger charge is -2.04. The van der Waals surface area contributed by atoms with Crippen molar-refractivity contribution in [1.82, 2.24) is 9.97 Å². The van der Waals surface area contributed by atoms with Crippen LogP contribution >= 0.6 is 11.6 Å². The quantitative estimate of drug-likeness (QED) is 0.369. The van der Waals surface area contributed by atoms with Gasteiger partial charge in [-0.3, -0.25) is 4.79 Å². The molecule has 0 N–H and O–H groups in total. The van der Waals surface area contributed by atoms with Crippen molar-refractivity contribution in [2.24, 2.45) is 0 Å². The second-order valence-electron chi connectivity index (χ2n) is 5.25. The molecule has 24 heavy (non-hydrogen) atoms. The molecule has 2 aromatic heterocycles. The predicted octanol–water partition coefficient (Wildman–Crippen LogP) is 3.54. The van der Waals surface area contributed by atoms with Crippen molar-refractivity contribution in [3.05, 3.63) is 35.2 Å². The average Bonchev–Trinajstić information content (AvgIpc) is 2.97. The molecule has 0 fully saturated rings. The zero-order valence-electron chi connectivity index (χ0n) is 13.3. The summed E-state index contributed by atoms with van der Waals surface area (Å²) in [5, 5.41) is 1.22. The Kier molecular flexibility index (Phi) is 5.27. The summed E-state index contributed by atoms with van der Waals surface area (Å²) in [7, 11) is 1.37. The maximum Gasteiger partial charge on any atom is 0.305 e. The Labute approximate surface area is 143 Å². The van der Waals surface area contributed by atoms with Gasteiger partial charge in [-0.1, -0.05) is 23.7 Å². The molecule has 0 amide bonds. The first-order valence-electron chi connectivity index (χ1n) is 7.67. The Morgan fingerprint density at radius 1 is 1.25 bits per heavy atom. The summed E-state index contributed by atoms with van der Waals surface area (Å²) in [6, 6.07) is 7.64. The van der Waals surface area contributed by atoms with Crippen LogP contribution in [0.1, 0.15) is 18.7 Å². The second-order valence-corrected chi connectivity index (χ2v) is 5.61. The number of rotatable bonds is 7. The standard InChI is InChI=1S/C17H17ClN2O4/c1-22-14(21)7-4-9-23-10-8-13-19-15-11-5-2-3-6-12(11)24-16(15)17(18)20-13/h2-3,5-6H,4,7-10H2,1H3. The monoisotopic (exact) mass is 348 g/mol. The van der Waals surface area contributed by atoms with Gasteiger partial charge in [-0.05, 0) is 18.6 Å². The summed E-state index contributed by atoms with van der Waals surface area (Å²) in [4.78, 5) is 19.8. The van der Waals surface area contributed by atoms with E-state index in [1.54, 1.807) is 0 Å². The fourth-order valence-electron chi connectivity index (χ4n) is 2.40. The number of benzene rings is 1. The van der Waals surface area contributed by atoms with E-state index in [0.717, 1.165) is 11.0 Å². The molecule has 0 unspecified atom stereocenters. The Morgan fingerprint density at radius 2 is 2.08 bits per heavy atom. The van der Waals surface area contributed by atoms with E-state index < -0.39 is 0 Å². The van der Waals surface area contributed by atoms with Crippen LogP contribution in [0.3, 0.4) is 0 Å². The fourth-order valence-corrected chi connectivity index (χ4v) is 2.62. The van der Waals surface area contributed by atoms with Crippen molar-refractivity contribution in [1.29, 1.82) is 0 Å². The maximum absolute atomic E-state index is 11.0. The van der Waals surface area contributed by atoms with Crippen LogP contribution in [0.15, 0.2) is 28.7 Å². The SMILES string of the molecule is COC(=O)CCCOCCc1nc(Cl)c2oc3ccccc3c2n1. The molecule has 0 saturated carbocycles. The summed E-state index contributed by atoms with van der Waals surface area (Å²) in [5.74, 6) is 0.373. The van der Waals surface area contributed by atoms with Gasteiger partial charge in [-0.25, -0.2) is 9.97 Å². The van der Waals surface area contributed by atoms with Crippen molar-refractivity contribution in [3.63, 3.8) is 0 Å². The van der Waals surface area contributed by atoms with Gasteiger partial charge in [0.25, 0.3) is 0 Å². The van der Waals surface area contributed by atoms with Crippen LogP contribution in [0.2, 0.25) is 5.15 Å². The molecule has 2 heterocycles. The van der Waals surface area contributed by atoms with Crippen LogP contribution in [0.5, 0.6) is 0 Å². The number of aromatic nitrogens is 2. The predicted molar refractivity (Wildman–Crippen MR) is 90.1 cm³/mol. The summed E-state index contributed by atoms with van der Waals surface area (Å²) >= 11 is 6.21. The molecule has 0 spiro atoms. The van der Waals surface area contributed by atoms with Gasteiger partial charge in [0, 0.05) is 24.8 Å². The molecule has 0 aliphatic rings. The number of para-hydroxylation sites is 1. The number of hydrogen-bond donors (Lipinski definition) is 0. The molecule has 0 aliphatic carbocycles. The van der Waals surface area contributed by atoms with Gasteiger partial charge >= 0.3 is 5.97 Å². The van der Waals surface area contributed by atoms with Crippen LogP contribution in [-0.2, 0) is 20.7 Å². The van der Waals surface area contributed by atoms with Crippen molar-refractivity contribution in [3.8, 4) is 0 Å². The highest BCUT2D eigenvalue weighted by atomic mass is 35.5. The van der Waals surface area contributed by atoms with Crippen molar-refractivity contribution in [2.45, 2.75) is 19.3 Å². The van der Waals surface area contributed by atoms with Gasteiger partial charge in [-0.2, -0.15) is 0 Å². The highest BCUT2D eigenvalue weighted by Crippen LogP contribution is 2.30. The van der Waals surface area contributed by atoms with Crippen molar-refractivity contribution < 1.29 is 18.7 Å². The number of hydrogen-bond acceptors (Lipinski definition) is 6. The molecule has 1 aromatic carbocycles. The normalized spacial score (nSPS) is 11.2. The van der Waals surface area contributed by atoms with E-state index in [1.165, 1.54) is 7.11 Å². The molecule has 0 saturated heterocycles. The lowest BCUT2D eigenvalue weighted by molar-refractivity contribution is -0.141. The minimum absolute atomic E-state index is 0.231. The van der Waals surface area contributed by atoms with Crippen LogP contribution < -0.4 is 0 Å². The minimum atomic E-state index is -0.231. The number of ether oxygens (including phenoxy) is 2. The number of fused-ring (bicyclic) bond motifs is 3. The molecular weight excluding hydrogens is 332 g/mol. The maximum atomic E-state index is 11.0. The van der Waals surface area contributed by atoms with Gasteiger partial charge in [0.1, 0.15) is 16.9 Å². The molecule has 0 atom stereocenters. The topological polar surface area (TPSA) is 74.5 Å². The van der Waals surface area contributed by atoms with E-state index in [4.69, 9.17) is 20.8 Å². The van der Waals surface area contributed by atoms with Crippen LogP contribution in [-0.4, -0.2) is 36.3 Å². The summed E-state index contributed by atoms with van der Waals surface area (Å²) in [5.41, 5.74) is 1.95. The molecular formula is C17H17ClN2O4. The third kappa shape index (κ3) is 3.66. The summed E-state index contributed by atoms with van der Waals surface area (Å²) in [6.07, 6.45) is 1.51. The zero-order chi connectivity index (χ0) is 16.9. The van der Waals surface area contributed by atoms with E-state index in [0.29, 0.717) is 54.6 Å². The number of furan rings is 1. The van der Waals surface area contributed by atoms with Gasteiger partial charge in [-0.15, -0.1) is 0 Å². The first-order chi connectivity index (χ1) is 11.7. The molecule has 6 nitrogen and oxygen atoms in total. The summed E-state index contributed by atoms with van der Waals surface area (Å²) < 4.78 is 15.8. The van der Waals surface area contributed by atoms with Crippen molar-refractivity contribution >= 4 is 39.6 Å². The van der Waals surface area contributed by atoms with Gasteiger partial charge < -0.3 is 13.9 Å². The second kappa shape index (κ2) is 7.59. The third-order valence-electron chi connectivity index (χ3n) is 3.59. The average molecular weight is 349 g/mol.